The summed E-state index contributed by atoms with van der Waals surface area (Å²) in [6, 6.07) is 8.96. The molecule has 0 spiro atoms. The van der Waals surface area contributed by atoms with E-state index in [9.17, 15) is 0 Å². The van der Waals surface area contributed by atoms with E-state index in [2.05, 4.69) is 62.3 Å². The van der Waals surface area contributed by atoms with Crippen LogP contribution >= 0.6 is 31.4 Å². The average Bonchev–Trinajstić information content (AvgIpc) is 3.16. The molecule has 1 aliphatic rings. The number of rotatable bonds is 3. The quantitative estimate of drug-likeness (QED) is 0.486. The number of aromatic nitrogens is 1. The van der Waals surface area contributed by atoms with Crippen molar-refractivity contribution in [2.24, 2.45) is 5.41 Å². The summed E-state index contributed by atoms with van der Waals surface area (Å²) in [5, 5.41) is 3.44. The molecule has 5 heteroatoms. The Morgan fingerprint density at radius 1 is 1.29 bits per heavy atom. The van der Waals surface area contributed by atoms with E-state index in [0.29, 0.717) is 5.92 Å². The van der Waals surface area contributed by atoms with Crippen LogP contribution in [-0.2, 0) is 26.2 Å². The zero-order chi connectivity index (χ0) is 18.2. The van der Waals surface area contributed by atoms with Gasteiger partial charge in [0, 0.05) is 17.5 Å². The van der Waals surface area contributed by atoms with Gasteiger partial charge in [-0.15, -0.1) is 11.3 Å². The molecule has 0 bridgehead atoms. The van der Waals surface area contributed by atoms with Crippen LogP contribution in [0.15, 0.2) is 29.6 Å². The SMILES string of the molecule is Cc1csc(CC(C)(C)C2CCc3ccccc32)n1.[CH2-]C.[Cl][Cr+][Cl]. The average molecular weight is 423 g/mol. The van der Waals surface area contributed by atoms with E-state index >= 15 is 0 Å². The number of fused-ring (bicyclic) bond motifs is 1. The Bertz CT molecular complexity index is 613. The van der Waals surface area contributed by atoms with E-state index in [1.807, 2.05) is 0 Å². The van der Waals surface area contributed by atoms with Gasteiger partial charge in [-0.2, -0.15) is 6.92 Å². The summed E-state index contributed by atoms with van der Waals surface area (Å²) in [6.07, 6.45) is 3.61. The first kappa shape index (κ1) is 22.0. The molecule has 0 fully saturated rings. The van der Waals surface area contributed by atoms with Crippen molar-refractivity contribution in [3.63, 3.8) is 0 Å². The predicted molar refractivity (Wildman–Crippen MR) is 105 cm³/mol. The maximum absolute atomic E-state index is 4.83. The monoisotopic (exact) mass is 422 g/mol. The van der Waals surface area contributed by atoms with Gasteiger partial charge in [-0.05, 0) is 42.2 Å². The summed E-state index contributed by atoms with van der Waals surface area (Å²) >= 11 is 1.62. The van der Waals surface area contributed by atoms with E-state index in [1.54, 1.807) is 29.4 Å². The summed E-state index contributed by atoms with van der Waals surface area (Å²) < 4.78 is 0. The van der Waals surface area contributed by atoms with Crippen LogP contribution in [0.1, 0.15) is 54.9 Å². The van der Waals surface area contributed by atoms with Crippen molar-refractivity contribution in [2.45, 2.75) is 52.9 Å². The number of thiazole rings is 1. The summed E-state index contributed by atoms with van der Waals surface area (Å²) in [5.41, 5.74) is 4.57. The molecule has 1 heterocycles. The molecular weight excluding hydrogens is 397 g/mol. The first-order chi connectivity index (χ1) is 11.5. The molecule has 0 aliphatic heterocycles. The number of benzene rings is 1. The normalized spacial score (nSPS) is 15.5. The van der Waals surface area contributed by atoms with E-state index in [1.165, 1.54) is 17.8 Å². The predicted octanol–water partition coefficient (Wildman–Crippen LogP) is 6.97. The molecule has 1 atom stereocenters. The molecular formula is C19H26Cl2CrNS. The van der Waals surface area contributed by atoms with E-state index < -0.39 is 0 Å². The Labute approximate surface area is 165 Å². The topological polar surface area (TPSA) is 12.9 Å². The van der Waals surface area contributed by atoms with Gasteiger partial charge in [0.15, 0.2) is 0 Å². The van der Waals surface area contributed by atoms with Crippen molar-refractivity contribution >= 4 is 31.4 Å². The first-order valence-electron chi connectivity index (χ1n) is 8.07. The number of halogens is 2. The second-order valence-electron chi connectivity index (χ2n) is 6.40. The minimum atomic E-state index is -0.181. The Balaban J connectivity index is 0.000000521. The Kier molecular flexibility index (Phi) is 9.94. The van der Waals surface area contributed by atoms with Crippen LogP contribution in [0.4, 0.5) is 0 Å². The Morgan fingerprint density at radius 2 is 1.92 bits per heavy atom. The van der Waals surface area contributed by atoms with Crippen LogP contribution in [0.2, 0.25) is 0 Å². The van der Waals surface area contributed by atoms with Crippen LogP contribution in [0.3, 0.4) is 0 Å². The molecule has 0 radical (unpaired) electrons. The van der Waals surface area contributed by atoms with E-state index in [-0.39, 0.29) is 18.8 Å². The standard InChI is InChI=1S/C17H21NS.C2H5.2ClH.Cr/c1-12-11-19-16(18-12)10-17(2,3)15-9-8-13-6-4-5-7-14(13)15;1-2;;;/h4-7,11,15H,8-10H2,1-3H3;1H2,2H3;2*1H;/q;-1;;;+3/p-2. The van der Waals surface area contributed by atoms with Gasteiger partial charge in [-0.3, -0.25) is 0 Å². The van der Waals surface area contributed by atoms with Crippen molar-refractivity contribution < 1.29 is 13.4 Å². The molecule has 1 aliphatic carbocycles. The maximum atomic E-state index is 4.83. The van der Waals surface area contributed by atoms with Gasteiger partial charge >= 0.3 is 33.5 Å². The molecule has 0 amide bonds. The first-order valence-corrected chi connectivity index (χ1v) is 12.5. The van der Waals surface area contributed by atoms with Gasteiger partial charge in [0.25, 0.3) is 0 Å². The molecule has 3 rings (SSSR count). The number of hydrogen-bond donors (Lipinski definition) is 0. The number of nitrogens with zero attached hydrogens (tertiary/aromatic N) is 1. The third-order valence-electron chi connectivity index (χ3n) is 4.35. The van der Waals surface area contributed by atoms with Crippen LogP contribution in [0.25, 0.3) is 0 Å². The molecule has 0 saturated heterocycles. The third kappa shape index (κ3) is 6.04. The molecule has 1 aromatic carbocycles. The summed E-state index contributed by atoms with van der Waals surface area (Å²) in [7, 11) is 9.65. The molecule has 1 unspecified atom stereocenters. The van der Waals surface area contributed by atoms with Gasteiger partial charge in [-0.1, -0.05) is 38.1 Å². The van der Waals surface area contributed by atoms with Crippen molar-refractivity contribution in [3.05, 3.63) is 58.4 Å². The van der Waals surface area contributed by atoms with Crippen LogP contribution in [0.5, 0.6) is 0 Å². The third-order valence-corrected chi connectivity index (χ3v) is 5.32. The van der Waals surface area contributed by atoms with Gasteiger partial charge in [0.2, 0.25) is 0 Å². The number of aryl methyl sites for hydroxylation is 2. The van der Waals surface area contributed by atoms with Crippen LogP contribution in [0, 0.1) is 19.3 Å². The fourth-order valence-electron chi connectivity index (χ4n) is 3.37. The van der Waals surface area contributed by atoms with Gasteiger partial charge in [0.1, 0.15) is 0 Å². The van der Waals surface area contributed by atoms with Gasteiger partial charge < -0.3 is 6.92 Å². The fraction of sp³-hybridized carbons (Fsp3) is 0.474. The Morgan fingerprint density at radius 3 is 2.50 bits per heavy atom. The van der Waals surface area contributed by atoms with Gasteiger partial charge in [-0.25, -0.2) is 4.98 Å². The molecule has 0 saturated carbocycles. The number of hydrogen-bond acceptors (Lipinski definition) is 2. The molecule has 1 nitrogen and oxygen atoms in total. The zero-order valence-corrected chi connectivity index (χ0v) is 18.4. The van der Waals surface area contributed by atoms with E-state index in [4.69, 9.17) is 20.1 Å². The minimum absolute atomic E-state index is 0.181. The van der Waals surface area contributed by atoms with Crippen LogP contribution in [-0.4, -0.2) is 4.98 Å². The molecule has 2 aromatic rings. The summed E-state index contributed by atoms with van der Waals surface area (Å²) in [5.74, 6) is 0.674. The summed E-state index contributed by atoms with van der Waals surface area (Å²) in [6.45, 7) is 11.9. The van der Waals surface area contributed by atoms with Crippen molar-refractivity contribution in [1.29, 1.82) is 0 Å². The van der Waals surface area contributed by atoms with E-state index in [0.717, 1.165) is 12.1 Å². The van der Waals surface area contributed by atoms with Gasteiger partial charge in [0.05, 0.1) is 5.01 Å². The van der Waals surface area contributed by atoms with Crippen LogP contribution < -0.4 is 0 Å². The molecule has 24 heavy (non-hydrogen) atoms. The molecule has 1 aromatic heterocycles. The van der Waals surface area contributed by atoms with Crippen molar-refractivity contribution in [2.75, 3.05) is 0 Å². The molecule has 133 valence electrons. The summed E-state index contributed by atoms with van der Waals surface area (Å²) in [4.78, 5) is 4.64. The molecule has 0 N–H and O–H groups in total. The zero-order valence-electron chi connectivity index (χ0n) is 14.8. The second kappa shape index (κ2) is 10.8. The van der Waals surface area contributed by atoms with Crippen molar-refractivity contribution in [1.82, 2.24) is 4.98 Å². The fourth-order valence-corrected chi connectivity index (χ4v) is 4.38. The van der Waals surface area contributed by atoms with Crippen molar-refractivity contribution in [3.8, 4) is 0 Å². The Hall–Kier alpha value is -0.0375. The second-order valence-corrected chi connectivity index (χ2v) is 9.44.